The lowest BCUT2D eigenvalue weighted by atomic mass is 10.1. The first-order valence-corrected chi connectivity index (χ1v) is 10.3. The van der Waals surface area contributed by atoms with Crippen LogP contribution in [0, 0.1) is 12.8 Å². The zero-order valence-corrected chi connectivity index (χ0v) is 17.4. The quantitative estimate of drug-likeness (QED) is 0.389. The molecule has 0 spiro atoms. The SMILES string of the molecule is CCNC(=NCc1cccc(Cn2ccnc2C)c1)N(C)CCOCC1CC1. The van der Waals surface area contributed by atoms with Gasteiger partial charge in [0.15, 0.2) is 5.96 Å². The van der Waals surface area contributed by atoms with Crippen LogP contribution in [0.15, 0.2) is 41.7 Å². The first-order chi connectivity index (χ1) is 13.7. The zero-order valence-electron chi connectivity index (χ0n) is 17.4. The fourth-order valence-corrected chi connectivity index (χ4v) is 3.07. The predicted octanol–water partition coefficient (Wildman–Crippen LogP) is 3.06. The summed E-state index contributed by atoms with van der Waals surface area (Å²) in [6.45, 7) is 8.97. The smallest absolute Gasteiger partial charge is 0.194 e. The molecule has 0 radical (unpaired) electrons. The molecule has 28 heavy (non-hydrogen) atoms. The molecule has 3 rings (SSSR count). The Morgan fingerprint density at radius 2 is 2.18 bits per heavy atom. The van der Waals surface area contributed by atoms with E-state index in [9.17, 15) is 0 Å². The second-order valence-corrected chi connectivity index (χ2v) is 7.53. The lowest BCUT2D eigenvalue weighted by molar-refractivity contribution is 0.115. The van der Waals surface area contributed by atoms with Crippen molar-refractivity contribution < 1.29 is 4.74 Å². The van der Waals surface area contributed by atoms with Crippen molar-refractivity contribution >= 4 is 5.96 Å². The summed E-state index contributed by atoms with van der Waals surface area (Å²) in [7, 11) is 2.07. The summed E-state index contributed by atoms with van der Waals surface area (Å²) in [4.78, 5) is 11.3. The van der Waals surface area contributed by atoms with E-state index in [2.05, 4.69) is 58.0 Å². The highest BCUT2D eigenvalue weighted by atomic mass is 16.5. The van der Waals surface area contributed by atoms with E-state index >= 15 is 0 Å². The summed E-state index contributed by atoms with van der Waals surface area (Å²) in [5.74, 6) is 2.77. The third-order valence-corrected chi connectivity index (χ3v) is 5.00. The van der Waals surface area contributed by atoms with Crippen molar-refractivity contribution in [2.24, 2.45) is 10.9 Å². The van der Waals surface area contributed by atoms with Crippen molar-refractivity contribution in [3.63, 3.8) is 0 Å². The van der Waals surface area contributed by atoms with Gasteiger partial charge in [-0.15, -0.1) is 0 Å². The number of likely N-dealkylation sites (N-methyl/N-ethyl adjacent to an activating group) is 1. The molecule has 1 aromatic heterocycles. The number of hydrogen-bond acceptors (Lipinski definition) is 3. The van der Waals surface area contributed by atoms with Gasteiger partial charge >= 0.3 is 0 Å². The molecular weight excluding hydrogens is 350 g/mol. The van der Waals surface area contributed by atoms with E-state index in [0.717, 1.165) is 50.5 Å². The van der Waals surface area contributed by atoms with Gasteiger partial charge in [0, 0.05) is 45.7 Å². The third-order valence-electron chi connectivity index (χ3n) is 5.00. The molecular formula is C22H33N5O. The molecule has 0 amide bonds. The Morgan fingerprint density at radius 3 is 2.89 bits per heavy atom. The topological polar surface area (TPSA) is 54.7 Å². The molecule has 1 saturated carbocycles. The minimum Gasteiger partial charge on any atom is -0.379 e. The molecule has 0 unspecified atom stereocenters. The van der Waals surface area contributed by atoms with E-state index in [1.165, 1.54) is 24.0 Å². The van der Waals surface area contributed by atoms with Crippen molar-refractivity contribution in [3.05, 3.63) is 53.6 Å². The number of benzene rings is 1. The largest absolute Gasteiger partial charge is 0.379 e. The number of aryl methyl sites for hydroxylation is 1. The van der Waals surface area contributed by atoms with Gasteiger partial charge in [-0.3, -0.25) is 0 Å². The first kappa shape index (κ1) is 20.4. The number of ether oxygens (including phenoxy) is 1. The average molecular weight is 384 g/mol. The van der Waals surface area contributed by atoms with Crippen LogP contribution in [0.25, 0.3) is 0 Å². The monoisotopic (exact) mass is 383 g/mol. The zero-order chi connectivity index (χ0) is 19.8. The third kappa shape index (κ3) is 6.37. The number of nitrogens with zero attached hydrogens (tertiary/aromatic N) is 4. The molecule has 0 atom stereocenters. The molecule has 2 aromatic rings. The minimum absolute atomic E-state index is 0.659. The summed E-state index contributed by atoms with van der Waals surface area (Å²) in [6, 6.07) is 8.62. The van der Waals surface area contributed by atoms with Crippen molar-refractivity contribution in [2.75, 3.05) is 33.4 Å². The van der Waals surface area contributed by atoms with Gasteiger partial charge in [0.25, 0.3) is 0 Å². The van der Waals surface area contributed by atoms with Crippen LogP contribution in [0.2, 0.25) is 0 Å². The van der Waals surface area contributed by atoms with Crippen LogP contribution in [0.4, 0.5) is 0 Å². The first-order valence-electron chi connectivity index (χ1n) is 10.3. The summed E-state index contributed by atoms with van der Waals surface area (Å²) >= 11 is 0. The fourth-order valence-electron chi connectivity index (χ4n) is 3.07. The predicted molar refractivity (Wildman–Crippen MR) is 113 cm³/mol. The van der Waals surface area contributed by atoms with Gasteiger partial charge in [-0.25, -0.2) is 9.98 Å². The maximum atomic E-state index is 5.76. The van der Waals surface area contributed by atoms with E-state index in [0.29, 0.717) is 6.54 Å². The van der Waals surface area contributed by atoms with Crippen molar-refractivity contribution in [1.29, 1.82) is 0 Å². The summed E-state index contributed by atoms with van der Waals surface area (Å²) in [6.07, 6.45) is 6.53. The number of rotatable bonds is 10. The van der Waals surface area contributed by atoms with E-state index in [1.54, 1.807) is 0 Å². The van der Waals surface area contributed by atoms with Gasteiger partial charge in [-0.05, 0) is 43.7 Å². The highest BCUT2D eigenvalue weighted by Crippen LogP contribution is 2.28. The Morgan fingerprint density at radius 1 is 1.36 bits per heavy atom. The van der Waals surface area contributed by atoms with Crippen LogP contribution in [0.3, 0.4) is 0 Å². The van der Waals surface area contributed by atoms with Crippen molar-refractivity contribution in [3.8, 4) is 0 Å². The lowest BCUT2D eigenvalue weighted by Crippen LogP contribution is -2.40. The Balaban J connectivity index is 1.55. The van der Waals surface area contributed by atoms with Gasteiger partial charge in [0.2, 0.25) is 0 Å². The van der Waals surface area contributed by atoms with E-state index in [-0.39, 0.29) is 0 Å². The molecule has 6 nitrogen and oxygen atoms in total. The highest BCUT2D eigenvalue weighted by molar-refractivity contribution is 5.79. The van der Waals surface area contributed by atoms with Gasteiger partial charge in [0.05, 0.1) is 13.2 Å². The summed E-state index contributed by atoms with van der Waals surface area (Å²) in [5.41, 5.74) is 2.48. The molecule has 0 bridgehead atoms. The molecule has 152 valence electrons. The molecule has 1 aliphatic carbocycles. The summed E-state index contributed by atoms with van der Waals surface area (Å²) in [5, 5.41) is 3.38. The average Bonchev–Trinajstić information content (AvgIpc) is 3.44. The maximum Gasteiger partial charge on any atom is 0.194 e. The van der Waals surface area contributed by atoms with Gasteiger partial charge < -0.3 is 19.5 Å². The minimum atomic E-state index is 0.659. The Kier molecular flexibility index (Phi) is 7.48. The number of guanidine groups is 1. The molecule has 1 heterocycles. The normalized spacial score (nSPS) is 14.3. The van der Waals surface area contributed by atoms with Gasteiger partial charge in [-0.1, -0.05) is 24.3 Å². The van der Waals surface area contributed by atoms with Crippen LogP contribution in [0.1, 0.15) is 36.7 Å². The highest BCUT2D eigenvalue weighted by Gasteiger charge is 2.21. The van der Waals surface area contributed by atoms with Crippen molar-refractivity contribution in [2.45, 2.75) is 39.8 Å². The number of aliphatic imine (C=N–C) groups is 1. The fraction of sp³-hybridized carbons (Fsp3) is 0.545. The second kappa shape index (κ2) is 10.3. The number of nitrogens with one attached hydrogen (secondary N) is 1. The van der Waals surface area contributed by atoms with Crippen LogP contribution in [0.5, 0.6) is 0 Å². The second-order valence-electron chi connectivity index (χ2n) is 7.53. The van der Waals surface area contributed by atoms with Crippen LogP contribution < -0.4 is 5.32 Å². The van der Waals surface area contributed by atoms with E-state index in [4.69, 9.17) is 9.73 Å². The van der Waals surface area contributed by atoms with Gasteiger partial charge in [0.1, 0.15) is 5.82 Å². The molecule has 1 N–H and O–H groups in total. The number of aromatic nitrogens is 2. The van der Waals surface area contributed by atoms with E-state index in [1.807, 2.05) is 19.3 Å². The van der Waals surface area contributed by atoms with Gasteiger partial charge in [-0.2, -0.15) is 0 Å². The lowest BCUT2D eigenvalue weighted by Gasteiger charge is -2.22. The Hall–Kier alpha value is -2.34. The van der Waals surface area contributed by atoms with Crippen LogP contribution >= 0.6 is 0 Å². The Bertz CT molecular complexity index is 766. The summed E-state index contributed by atoms with van der Waals surface area (Å²) < 4.78 is 7.92. The molecule has 1 aliphatic rings. The maximum absolute atomic E-state index is 5.76. The molecule has 1 aromatic carbocycles. The van der Waals surface area contributed by atoms with Crippen LogP contribution in [-0.4, -0.2) is 53.8 Å². The number of imidazole rings is 1. The molecule has 0 saturated heterocycles. The Labute approximate surface area is 168 Å². The standard InChI is InChI=1S/C22H33N5O/c1-4-23-22(26(3)12-13-28-17-19-8-9-19)25-15-20-6-5-7-21(14-20)16-27-11-10-24-18(27)2/h5-7,10-11,14,19H,4,8-9,12-13,15-17H2,1-3H3,(H,23,25). The molecule has 1 fully saturated rings. The molecule has 0 aliphatic heterocycles. The molecule has 6 heteroatoms. The number of hydrogen-bond donors (Lipinski definition) is 1. The van der Waals surface area contributed by atoms with E-state index < -0.39 is 0 Å². The van der Waals surface area contributed by atoms with Crippen molar-refractivity contribution in [1.82, 2.24) is 19.8 Å². The van der Waals surface area contributed by atoms with Crippen LogP contribution in [-0.2, 0) is 17.8 Å².